The summed E-state index contributed by atoms with van der Waals surface area (Å²) < 4.78 is 0.273. The number of piperazine rings is 1. The van der Waals surface area contributed by atoms with Crippen LogP contribution in [0.15, 0.2) is 23.3 Å². The van der Waals surface area contributed by atoms with E-state index >= 15 is 0 Å². The maximum Gasteiger partial charge on any atom is 0.193 e. The highest BCUT2D eigenvalue weighted by molar-refractivity contribution is 14.0. The standard InChI is InChI=1S/C19H32N6S.HI/c1-19(2)15-25(12-13-26-19)18(20-3)22-14-16-6-5-7-21-17(16)24-10-8-23(4)9-11-24;/h5-7H,8-15H2,1-4H3,(H,20,22);1H. The predicted octanol–water partition coefficient (Wildman–Crippen LogP) is 2.35. The average Bonchev–Trinajstić information content (AvgIpc) is 2.63. The topological polar surface area (TPSA) is 47.0 Å². The highest BCUT2D eigenvalue weighted by Gasteiger charge is 2.28. The van der Waals surface area contributed by atoms with E-state index < -0.39 is 0 Å². The molecule has 0 bridgehead atoms. The molecule has 0 radical (unpaired) electrons. The van der Waals surface area contributed by atoms with Gasteiger partial charge in [0.05, 0.1) is 0 Å². The number of thioether (sulfide) groups is 1. The third-order valence-electron chi connectivity index (χ3n) is 5.04. The van der Waals surface area contributed by atoms with Gasteiger partial charge in [0.15, 0.2) is 5.96 Å². The minimum atomic E-state index is 0. The number of rotatable bonds is 3. The third-order valence-corrected chi connectivity index (χ3v) is 6.34. The molecule has 1 aromatic heterocycles. The summed E-state index contributed by atoms with van der Waals surface area (Å²) in [6, 6.07) is 4.21. The Morgan fingerprint density at radius 1 is 1.26 bits per heavy atom. The van der Waals surface area contributed by atoms with Crippen molar-refractivity contribution in [2.24, 2.45) is 4.99 Å². The molecule has 1 aromatic rings. The first-order chi connectivity index (χ1) is 12.5. The number of hydrogen-bond acceptors (Lipinski definition) is 5. The monoisotopic (exact) mass is 504 g/mol. The Balaban J connectivity index is 0.00000261. The summed E-state index contributed by atoms with van der Waals surface area (Å²) in [5, 5.41) is 3.57. The second kappa shape index (κ2) is 10.2. The Morgan fingerprint density at radius 2 is 2.00 bits per heavy atom. The summed E-state index contributed by atoms with van der Waals surface area (Å²) in [5.74, 6) is 3.25. The summed E-state index contributed by atoms with van der Waals surface area (Å²) in [4.78, 5) is 16.4. The molecular formula is C19H33IN6S. The summed E-state index contributed by atoms with van der Waals surface area (Å²) in [5.41, 5.74) is 1.24. The quantitative estimate of drug-likeness (QED) is 0.388. The molecule has 0 aliphatic carbocycles. The first-order valence-corrected chi connectivity index (χ1v) is 10.4. The number of hydrogen-bond donors (Lipinski definition) is 1. The molecule has 2 fully saturated rings. The molecule has 152 valence electrons. The fourth-order valence-electron chi connectivity index (χ4n) is 3.58. The van der Waals surface area contributed by atoms with E-state index in [9.17, 15) is 0 Å². The number of nitrogens with one attached hydrogen (secondary N) is 1. The van der Waals surface area contributed by atoms with Crippen LogP contribution in [0.4, 0.5) is 5.82 Å². The smallest absolute Gasteiger partial charge is 0.193 e. The molecule has 8 heteroatoms. The molecule has 3 rings (SSSR count). The first-order valence-electron chi connectivity index (χ1n) is 9.45. The maximum absolute atomic E-state index is 4.68. The van der Waals surface area contributed by atoms with E-state index in [-0.39, 0.29) is 28.7 Å². The van der Waals surface area contributed by atoms with Crippen molar-refractivity contribution in [3.05, 3.63) is 23.9 Å². The van der Waals surface area contributed by atoms with E-state index in [1.807, 2.05) is 31.1 Å². The molecule has 1 N–H and O–H groups in total. The van der Waals surface area contributed by atoms with Gasteiger partial charge in [0.25, 0.3) is 0 Å². The lowest BCUT2D eigenvalue weighted by molar-refractivity contribution is 0.311. The van der Waals surface area contributed by atoms with Crippen molar-refractivity contribution in [3.8, 4) is 0 Å². The number of likely N-dealkylation sites (N-methyl/N-ethyl adjacent to an activating group) is 1. The molecule has 2 aliphatic rings. The maximum atomic E-state index is 4.68. The number of guanidine groups is 1. The van der Waals surface area contributed by atoms with E-state index in [0.717, 1.165) is 63.3 Å². The third kappa shape index (κ3) is 6.12. The lowest BCUT2D eigenvalue weighted by Gasteiger charge is -2.39. The van der Waals surface area contributed by atoms with Crippen LogP contribution in [0.2, 0.25) is 0 Å². The van der Waals surface area contributed by atoms with Crippen LogP contribution < -0.4 is 10.2 Å². The number of aromatic nitrogens is 1. The van der Waals surface area contributed by atoms with Gasteiger partial charge in [0, 0.05) is 75.1 Å². The van der Waals surface area contributed by atoms with Crippen molar-refractivity contribution in [1.82, 2.24) is 20.1 Å². The van der Waals surface area contributed by atoms with Crippen molar-refractivity contribution in [2.75, 3.05) is 64.0 Å². The molecule has 0 atom stereocenters. The Labute approximate surface area is 185 Å². The predicted molar refractivity (Wildman–Crippen MR) is 128 cm³/mol. The lowest BCUT2D eigenvalue weighted by Crippen LogP contribution is -2.50. The van der Waals surface area contributed by atoms with E-state index in [0.29, 0.717) is 0 Å². The van der Waals surface area contributed by atoms with Crippen molar-refractivity contribution in [1.29, 1.82) is 0 Å². The Kier molecular flexibility index (Phi) is 8.48. The van der Waals surface area contributed by atoms with Gasteiger partial charge in [-0.05, 0) is 27.0 Å². The minimum Gasteiger partial charge on any atom is -0.354 e. The molecule has 2 saturated heterocycles. The summed E-state index contributed by atoms with van der Waals surface area (Å²) in [6.45, 7) is 11.7. The van der Waals surface area contributed by atoms with E-state index in [2.05, 4.69) is 57.0 Å². The van der Waals surface area contributed by atoms with Crippen LogP contribution in [-0.4, -0.2) is 84.6 Å². The largest absolute Gasteiger partial charge is 0.354 e. The van der Waals surface area contributed by atoms with Crippen LogP contribution in [0.5, 0.6) is 0 Å². The number of pyridine rings is 1. The van der Waals surface area contributed by atoms with Gasteiger partial charge in [-0.3, -0.25) is 4.99 Å². The molecule has 3 heterocycles. The molecule has 2 aliphatic heterocycles. The molecule has 0 spiro atoms. The number of anilines is 1. The van der Waals surface area contributed by atoms with Crippen LogP contribution in [-0.2, 0) is 6.54 Å². The molecule has 0 saturated carbocycles. The molecule has 27 heavy (non-hydrogen) atoms. The first kappa shape index (κ1) is 22.5. The highest BCUT2D eigenvalue weighted by Crippen LogP contribution is 2.29. The molecular weight excluding hydrogens is 471 g/mol. The highest BCUT2D eigenvalue weighted by atomic mass is 127. The van der Waals surface area contributed by atoms with Gasteiger partial charge in [-0.15, -0.1) is 24.0 Å². The van der Waals surface area contributed by atoms with E-state index in [1.165, 1.54) is 5.56 Å². The second-order valence-corrected chi connectivity index (χ2v) is 9.51. The van der Waals surface area contributed by atoms with Gasteiger partial charge in [-0.1, -0.05) is 6.07 Å². The van der Waals surface area contributed by atoms with Crippen molar-refractivity contribution < 1.29 is 0 Å². The van der Waals surface area contributed by atoms with Crippen molar-refractivity contribution in [3.63, 3.8) is 0 Å². The van der Waals surface area contributed by atoms with Gasteiger partial charge in [0.2, 0.25) is 0 Å². The van der Waals surface area contributed by atoms with Gasteiger partial charge in [-0.2, -0.15) is 11.8 Å². The SMILES string of the molecule is CN=C(NCc1cccnc1N1CCN(C)CC1)N1CCSC(C)(C)C1.I. The lowest BCUT2D eigenvalue weighted by atomic mass is 10.2. The molecule has 0 amide bonds. The number of aliphatic imine (C=N–C) groups is 1. The van der Waals surface area contributed by atoms with Gasteiger partial charge in [-0.25, -0.2) is 4.98 Å². The van der Waals surface area contributed by atoms with Crippen molar-refractivity contribution in [2.45, 2.75) is 25.1 Å². The average molecular weight is 504 g/mol. The van der Waals surface area contributed by atoms with E-state index in [4.69, 9.17) is 0 Å². The molecule has 0 aromatic carbocycles. The van der Waals surface area contributed by atoms with Gasteiger partial charge >= 0.3 is 0 Å². The number of halogens is 1. The fourth-order valence-corrected chi connectivity index (χ4v) is 4.69. The van der Waals surface area contributed by atoms with Crippen LogP contribution in [0, 0.1) is 0 Å². The van der Waals surface area contributed by atoms with E-state index in [1.54, 1.807) is 0 Å². The minimum absolute atomic E-state index is 0. The summed E-state index contributed by atoms with van der Waals surface area (Å²) in [6.07, 6.45) is 1.90. The Hall–Kier alpha value is -0.740. The summed E-state index contributed by atoms with van der Waals surface area (Å²) in [7, 11) is 4.06. The van der Waals surface area contributed by atoms with Crippen LogP contribution in [0.3, 0.4) is 0 Å². The van der Waals surface area contributed by atoms with Crippen LogP contribution >= 0.6 is 35.7 Å². The zero-order chi connectivity index (χ0) is 18.6. The Bertz CT molecular complexity index is 630. The van der Waals surface area contributed by atoms with Gasteiger partial charge < -0.3 is 20.0 Å². The number of nitrogens with zero attached hydrogens (tertiary/aromatic N) is 5. The van der Waals surface area contributed by atoms with Crippen LogP contribution in [0.25, 0.3) is 0 Å². The normalized spacial score (nSPS) is 21.0. The van der Waals surface area contributed by atoms with Crippen LogP contribution in [0.1, 0.15) is 19.4 Å². The Morgan fingerprint density at radius 3 is 2.67 bits per heavy atom. The summed E-state index contributed by atoms with van der Waals surface area (Å²) >= 11 is 2.04. The zero-order valence-electron chi connectivity index (χ0n) is 16.9. The van der Waals surface area contributed by atoms with Gasteiger partial charge in [0.1, 0.15) is 5.82 Å². The zero-order valence-corrected chi connectivity index (χ0v) is 20.1. The molecule has 0 unspecified atom stereocenters. The van der Waals surface area contributed by atoms with Crippen molar-refractivity contribution >= 4 is 47.5 Å². The fraction of sp³-hybridized carbons (Fsp3) is 0.684. The molecule has 6 nitrogen and oxygen atoms in total. The second-order valence-electron chi connectivity index (χ2n) is 7.71.